The Hall–Kier alpha value is -2.51. The number of thiazole rings is 1. The van der Waals surface area contributed by atoms with E-state index in [9.17, 15) is 9.18 Å². The highest BCUT2D eigenvalue weighted by molar-refractivity contribution is 7.20. The van der Waals surface area contributed by atoms with E-state index in [4.69, 9.17) is 19.5 Å². The maximum atomic E-state index is 15.0. The molecule has 2 aliphatic carbocycles. The highest BCUT2D eigenvalue weighted by Crippen LogP contribution is 2.45. The molecule has 172 valence electrons. The molecule has 1 amide bonds. The number of ether oxygens (including phenoxy) is 3. The van der Waals surface area contributed by atoms with Crippen LogP contribution < -0.4 is 14.8 Å². The van der Waals surface area contributed by atoms with E-state index in [0.717, 1.165) is 49.9 Å². The first-order valence-corrected chi connectivity index (χ1v) is 11.7. The predicted octanol–water partition coefficient (Wildman–Crippen LogP) is 3.74. The molecule has 2 aromatic heterocycles. The first-order valence-electron chi connectivity index (χ1n) is 10.9. The fraction of sp³-hybridized carbons (Fsp3) is 0.636. The molecule has 0 bridgehead atoms. The Balaban J connectivity index is 1.29. The van der Waals surface area contributed by atoms with Gasteiger partial charge in [0.05, 0.1) is 30.4 Å². The molecule has 10 heteroatoms. The van der Waals surface area contributed by atoms with E-state index in [0.29, 0.717) is 22.0 Å². The number of rotatable bonds is 9. The average Bonchev–Trinajstić information content (AvgIpc) is 3.44. The molecule has 2 aliphatic rings. The summed E-state index contributed by atoms with van der Waals surface area (Å²) < 4.78 is 32.7. The third-order valence-electron chi connectivity index (χ3n) is 5.82. The number of aromatic nitrogens is 2. The molecule has 0 aromatic carbocycles. The van der Waals surface area contributed by atoms with Gasteiger partial charge in [-0.05, 0) is 45.4 Å². The van der Waals surface area contributed by atoms with Gasteiger partial charge in [-0.3, -0.25) is 4.79 Å². The van der Waals surface area contributed by atoms with Crippen LogP contribution in [0.5, 0.6) is 11.1 Å². The molecule has 2 heterocycles. The van der Waals surface area contributed by atoms with Gasteiger partial charge in [-0.15, -0.1) is 0 Å². The number of hydrogen-bond acceptors (Lipinski definition) is 8. The minimum Gasteiger partial charge on any atom is -0.472 e. The van der Waals surface area contributed by atoms with Gasteiger partial charge in [0.25, 0.3) is 11.1 Å². The standard InChI is InChI=1S/C22H27FN4O4S/c1-13(26-14(2)28)10-29-15-3-5-16(6-4-15)31-20-18(23)19-17(9-25-20)27-21(32-19)30-12-22(11-24)7-8-22/h9,13,15-16H,3-8,10,12H2,1-2H3,(H,26,28)/t13-,15-,16-/m0/s1. The maximum Gasteiger partial charge on any atom is 0.274 e. The van der Waals surface area contributed by atoms with Crippen molar-refractivity contribution in [3.63, 3.8) is 0 Å². The number of nitriles is 1. The van der Waals surface area contributed by atoms with E-state index in [1.54, 1.807) is 0 Å². The van der Waals surface area contributed by atoms with Gasteiger partial charge in [-0.1, -0.05) is 11.3 Å². The Labute approximate surface area is 190 Å². The number of pyridine rings is 1. The van der Waals surface area contributed by atoms with Crippen molar-refractivity contribution in [3.05, 3.63) is 12.0 Å². The van der Waals surface area contributed by atoms with Crippen LogP contribution in [-0.4, -0.2) is 47.3 Å². The van der Waals surface area contributed by atoms with E-state index < -0.39 is 11.2 Å². The van der Waals surface area contributed by atoms with Crippen LogP contribution in [0.15, 0.2) is 6.20 Å². The smallest absolute Gasteiger partial charge is 0.274 e. The molecule has 8 nitrogen and oxygen atoms in total. The van der Waals surface area contributed by atoms with E-state index in [1.807, 2.05) is 6.92 Å². The summed E-state index contributed by atoms with van der Waals surface area (Å²) in [5, 5.41) is 12.3. The van der Waals surface area contributed by atoms with Crippen LogP contribution in [-0.2, 0) is 9.53 Å². The van der Waals surface area contributed by atoms with Crippen molar-refractivity contribution in [1.29, 1.82) is 5.26 Å². The van der Waals surface area contributed by atoms with Gasteiger partial charge in [0.15, 0.2) is 0 Å². The van der Waals surface area contributed by atoms with Crippen molar-refractivity contribution in [2.24, 2.45) is 5.41 Å². The SMILES string of the molecule is CC(=O)N[C@@H](C)CO[C@H]1CC[C@H](Oc2ncc3nc(OCC4(C#N)CC4)sc3c2F)CC1. The first-order chi connectivity index (χ1) is 15.4. The summed E-state index contributed by atoms with van der Waals surface area (Å²) in [7, 11) is 0. The van der Waals surface area contributed by atoms with E-state index in [1.165, 1.54) is 13.1 Å². The lowest BCUT2D eigenvalue weighted by Gasteiger charge is -2.29. The van der Waals surface area contributed by atoms with Gasteiger partial charge in [0, 0.05) is 13.0 Å². The van der Waals surface area contributed by atoms with Gasteiger partial charge in [-0.25, -0.2) is 9.97 Å². The number of halogens is 1. The van der Waals surface area contributed by atoms with E-state index in [2.05, 4.69) is 21.4 Å². The van der Waals surface area contributed by atoms with Gasteiger partial charge >= 0.3 is 0 Å². The van der Waals surface area contributed by atoms with Crippen LogP contribution in [0.4, 0.5) is 4.39 Å². The van der Waals surface area contributed by atoms with Crippen LogP contribution in [0.25, 0.3) is 10.2 Å². The van der Waals surface area contributed by atoms with Gasteiger partial charge in [0.2, 0.25) is 11.7 Å². The summed E-state index contributed by atoms with van der Waals surface area (Å²) in [6.45, 7) is 4.14. The summed E-state index contributed by atoms with van der Waals surface area (Å²) in [6.07, 6.45) is 6.21. The number of hydrogen-bond donors (Lipinski definition) is 1. The second-order valence-corrected chi connectivity index (χ2v) is 9.67. The maximum absolute atomic E-state index is 15.0. The second-order valence-electron chi connectivity index (χ2n) is 8.70. The third-order valence-corrected chi connectivity index (χ3v) is 6.79. The molecule has 2 fully saturated rings. The number of fused-ring (bicyclic) bond motifs is 1. The summed E-state index contributed by atoms with van der Waals surface area (Å²) in [5.41, 5.74) is 0.00930. The number of carbonyl (C=O) groups is 1. The molecule has 0 radical (unpaired) electrons. The molecule has 0 aliphatic heterocycles. The van der Waals surface area contributed by atoms with Crippen LogP contribution in [0.3, 0.4) is 0 Å². The van der Waals surface area contributed by atoms with Crippen molar-refractivity contribution >= 4 is 27.5 Å². The molecule has 0 unspecified atom stereocenters. The van der Waals surface area contributed by atoms with Crippen molar-refractivity contribution < 1.29 is 23.4 Å². The molecule has 4 rings (SSSR count). The zero-order valence-corrected chi connectivity index (χ0v) is 19.0. The topological polar surface area (TPSA) is 106 Å². The summed E-state index contributed by atoms with van der Waals surface area (Å²) in [5.74, 6) is -0.621. The molecule has 2 saturated carbocycles. The Morgan fingerprint density at radius 3 is 2.75 bits per heavy atom. The highest BCUT2D eigenvalue weighted by Gasteiger charge is 2.44. The molecule has 1 atom stereocenters. The third kappa shape index (κ3) is 5.45. The lowest BCUT2D eigenvalue weighted by atomic mass is 9.95. The largest absolute Gasteiger partial charge is 0.472 e. The number of amides is 1. The molecule has 0 spiro atoms. The zero-order chi connectivity index (χ0) is 22.7. The molecule has 0 saturated heterocycles. The molecular formula is C22H27FN4O4S. The number of nitrogens with one attached hydrogen (secondary N) is 1. The summed E-state index contributed by atoms with van der Waals surface area (Å²) in [4.78, 5) is 19.5. The van der Waals surface area contributed by atoms with E-state index in [-0.39, 0.29) is 36.6 Å². The Morgan fingerprint density at radius 2 is 2.09 bits per heavy atom. The number of carbonyl (C=O) groups excluding carboxylic acids is 1. The van der Waals surface area contributed by atoms with Crippen molar-refractivity contribution in [3.8, 4) is 17.1 Å². The predicted molar refractivity (Wildman–Crippen MR) is 116 cm³/mol. The van der Waals surface area contributed by atoms with Gasteiger partial charge < -0.3 is 19.5 Å². The van der Waals surface area contributed by atoms with Crippen LogP contribution in [0.1, 0.15) is 52.4 Å². The van der Waals surface area contributed by atoms with Crippen molar-refractivity contribution in [2.45, 2.75) is 70.6 Å². The normalized spacial score (nSPS) is 22.7. The lowest BCUT2D eigenvalue weighted by Crippen LogP contribution is -2.37. The summed E-state index contributed by atoms with van der Waals surface area (Å²) >= 11 is 1.11. The Kier molecular flexibility index (Phi) is 6.76. The Morgan fingerprint density at radius 1 is 1.38 bits per heavy atom. The minimum absolute atomic E-state index is 0.0213. The van der Waals surface area contributed by atoms with Crippen LogP contribution >= 0.6 is 11.3 Å². The quantitative estimate of drug-likeness (QED) is 0.605. The highest BCUT2D eigenvalue weighted by atomic mass is 32.1. The fourth-order valence-corrected chi connectivity index (χ4v) is 4.57. The lowest BCUT2D eigenvalue weighted by molar-refractivity contribution is -0.120. The first kappa shape index (κ1) is 22.7. The monoisotopic (exact) mass is 462 g/mol. The summed E-state index contributed by atoms with van der Waals surface area (Å²) in [6, 6.07) is 2.23. The van der Waals surface area contributed by atoms with Gasteiger partial charge in [-0.2, -0.15) is 9.65 Å². The van der Waals surface area contributed by atoms with Crippen molar-refractivity contribution in [1.82, 2.24) is 15.3 Å². The average molecular weight is 463 g/mol. The molecule has 2 aromatic rings. The van der Waals surface area contributed by atoms with Crippen molar-refractivity contribution in [2.75, 3.05) is 13.2 Å². The number of nitrogens with zero attached hydrogens (tertiary/aromatic N) is 3. The zero-order valence-electron chi connectivity index (χ0n) is 18.2. The van der Waals surface area contributed by atoms with Gasteiger partial charge in [0.1, 0.15) is 22.9 Å². The molecule has 1 N–H and O–H groups in total. The second kappa shape index (κ2) is 9.55. The van der Waals surface area contributed by atoms with Crippen LogP contribution in [0.2, 0.25) is 0 Å². The fourth-order valence-electron chi connectivity index (χ4n) is 3.76. The minimum atomic E-state index is -0.529. The molecule has 32 heavy (non-hydrogen) atoms. The Bertz CT molecular complexity index is 1010. The van der Waals surface area contributed by atoms with E-state index >= 15 is 0 Å². The molecular weight excluding hydrogens is 435 g/mol. The van der Waals surface area contributed by atoms with Crippen LogP contribution in [0, 0.1) is 22.6 Å².